The maximum absolute atomic E-state index is 12.6. The van der Waals surface area contributed by atoms with Crippen LogP contribution in [-0.2, 0) is 10.5 Å². The lowest BCUT2D eigenvalue weighted by Crippen LogP contribution is -2.37. The van der Waals surface area contributed by atoms with E-state index < -0.39 is 0 Å². The first-order chi connectivity index (χ1) is 11.6. The van der Waals surface area contributed by atoms with Gasteiger partial charge in [-0.05, 0) is 37.5 Å². The number of likely N-dealkylation sites (tertiary alicyclic amines) is 1. The lowest BCUT2D eigenvalue weighted by Gasteiger charge is -2.24. The molecule has 132 valence electrons. The first-order valence-corrected chi connectivity index (χ1v) is 10.5. The van der Waals surface area contributed by atoms with Crippen molar-refractivity contribution in [1.29, 1.82) is 0 Å². The van der Waals surface area contributed by atoms with E-state index in [1.54, 1.807) is 11.8 Å². The van der Waals surface area contributed by atoms with Gasteiger partial charge in [-0.15, -0.1) is 11.8 Å². The molecule has 1 saturated heterocycles. The molecule has 6 heteroatoms. The predicted molar refractivity (Wildman–Crippen MR) is 101 cm³/mol. The zero-order valence-electron chi connectivity index (χ0n) is 14.1. The van der Waals surface area contributed by atoms with Gasteiger partial charge in [-0.2, -0.15) is 0 Å². The quantitative estimate of drug-likeness (QED) is 0.739. The van der Waals surface area contributed by atoms with Crippen molar-refractivity contribution in [1.82, 2.24) is 4.90 Å². The number of thioether (sulfide) groups is 1. The van der Waals surface area contributed by atoms with E-state index in [-0.39, 0.29) is 11.2 Å². The highest BCUT2D eigenvalue weighted by Crippen LogP contribution is 2.37. The SMILES string of the molecule is CC(SCc1cc2c(cc1Br)OCCO2)C(=O)N1CCCCCC1. The van der Waals surface area contributed by atoms with E-state index in [9.17, 15) is 4.79 Å². The minimum absolute atomic E-state index is 0.0248. The number of fused-ring (bicyclic) bond motifs is 1. The van der Waals surface area contributed by atoms with Crippen molar-refractivity contribution < 1.29 is 14.3 Å². The summed E-state index contributed by atoms with van der Waals surface area (Å²) in [4.78, 5) is 14.7. The number of amides is 1. The van der Waals surface area contributed by atoms with Gasteiger partial charge in [-0.3, -0.25) is 4.79 Å². The summed E-state index contributed by atoms with van der Waals surface area (Å²) in [5.74, 6) is 2.63. The average molecular weight is 414 g/mol. The van der Waals surface area contributed by atoms with Crippen molar-refractivity contribution in [2.75, 3.05) is 26.3 Å². The van der Waals surface area contributed by atoms with Gasteiger partial charge in [0.2, 0.25) is 5.91 Å². The molecule has 24 heavy (non-hydrogen) atoms. The summed E-state index contributed by atoms with van der Waals surface area (Å²) in [5, 5.41) is -0.0248. The summed E-state index contributed by atoms with van der Waals surface area (Å²) in [6, 6.07) is 3.99. The van der Waals surface area contributed by atoms with Gasteiger partial charge in [0.25, 0.3) is 0 Å². The van der Waals surface area contributed by atoms with Crippen LogP contribution in [-0.4, -0.2) is 42.4 Å². The third-order valence-electron chi connectivity index (χ3n) is 4.47. The Kier molecular flexibility index (Phi) is 6.33. The number of carbonyl (C=O) groups excluding carboxylic acids is 1. The normalized spacial score (nSPS) is 18.8. The first kappa shape index (κ1) is 17.9. The first-order valence-electron chi connectivity index (χ1n) is 8.63. The Balaban J connectivity index is 1.59. The predicted octanol–water partition coefficient (Wildman–Crippen LogP) is 4.24. The van der Waals surface area contributed by atoms with Crippen LogP contribution >= 0.6 is 27.7 Å². The maximum Gasteiger partial charge on any atom is 0.235 e. The van der Waals surface area contributed by atoms with Crippen molar-refractivity contribution in [3.05, 3.63) is 22.2 Å². The maximum atomic E-state index is 12.6. The molecule has 0 aliphatic carbocycles. The van der Waals surface area contributed by atoms with Crippen molar-refractivity contribution in [2.45, 2.75) is 43.6 Å². The second kappa shape index (κ2) is 8.48. The van der Waals surface area contributed by atoms with Crippen LogP contribution in [0.25, 0.3) is 0 Å². The number of benzene rings is 1. The highest BCUT2D eigenvalue weighted by Gasteiger charge is 2.22. The fourth-order valence-corrected chi connectivity index (χ4v) is 4.66. The van der Waals surface area contributed by atoms with Gasteiger partial charge in [0.1, 0.15) is 13.2 Å². The Morgan fingerprint density at radius 2 is 1.79 bits per heavy atom. The molecule has 0 radical (unpaired) electrons. The summed E-state index contributed by atoms with van der Waals surface area (Å²) in [7, 11) is 0. The molecule has 0 saturated carbocycles. The van der Waals surface area contributed by atoms with Crippen LogP contribution < -0.4 is 9.47 Å². The van der Waals surface area contributed by atoms with Crippen LogP contribution in [0.5, 0.6) is 11.5 Å². The Morgan fingerprint density at radius 1 is 1.17 bits per heavy atom. The molecule has 0 N–H and O–H groups in total. The second-order valence-corrected chi connectivity index (χ2v) is 8.46. The minimum Gasteiger partial charge on any atom is -0.486 e. The van der Waals surface area contributed by atoms with Gasteiger partial charge in [-0.1, -0.05) is 28.8 Å². The van der Waals surface area contributed by atoms with Crippen LogP contribution in [0.2, 0.25) is 0 Å². The van der Waals surface area contributed by atoms with Gasteiger partial charge in [0, 0.05) is 23.3 Å². The average Bonchev–Trinajstić information content (AvgIpc) is 2.88. The van der Waals surface area contributed by atoms with Gasteiger partial charge in [-0.25, -0.2) is 0 Å². The zero-order valence-corrected chi connectivity index (χ0v) is 16.5. The van der Waals surface area contributed by atoms with E-state index in [0.29, 0.717) is 13.2 Å². The molecular weight excluding hydrogens is 390 g/mol. The number of nitrogens with zero attached hydrogens (tertiary/aromatic N) is 1. The lowest BCUT2D eigenvalue weighted by atomic mass is 10.2. The van der Waals surface area contributed by atoms with Crippen molar-refractivity contribution in [3.63, 3.8) is 0 Å². The number of hydrogen-bond acceptors (Lipinski definition) is 4. The Bertz CT molecular complexity index is 588. The molecule has 1 unspecified atom stereocenters. The lowest BCUT2D eigenvalue weighted by molar-refractivity contribution is -0.130. The molecule has 4 nitrogen and oxygen atoms in total. The van der Waals surface area contributed by atoms with Crippen LogP contribution in [0, 0.1) is 0 Å². The van der Waals surface area contributed by atoms with Crippen LogP contribution in [0.1, 0.15) is 38.2 Å². The van der Waals surface area contributed by atoms with Crippen molar-refractivity contribution in [3.8, 4) is 11.5 Å². The summed E-state index contributed by atoms with van der Waals surface area (Å²) >= 11 is 5.29. The molecule has 1 amide bonds. The fourth-order valence-electron chi connectivity index (χ4n) is 3.05. The molecule has 1 atom stereocenters. The zero-order chi connectivity index (χ0) is 16.9. The summed E-state index contributed by atoms with van der Waals surface area (Å²) in [6.45, 7) is 5.03. The third kappa shape index (κ3) is 4.39. The van der Waals surface area contributed by atoms with Gasteiger partial charge >= 0.3 is 0 Å². The molecule has 1 fully saturated rings. The monoisotopic (exact) mass is 413 g/mol. The fraction of sp³-hybridized carbons (Fsp3) is 0.611. The van der Waals surface area contributed by atoms with E-state index in [1.807, 2.05) is 24.0 Å². The molecule has 2 heterocycles. The number of ether oxygens (including phenoxy) is 2. The van der Waals surface area contributed by atoms with Crippen molar-refractivity contribution >= 4 is 33.6 Å². The number of halogens is 1. The molecule has 0 bridgehead atoms. The molecule has 2 aliphatic rings. The molecule has 1 aromatic rings. The Morgan fingerprint density at radius 3 is 2.46 bits per heavy atom. The van der Waals surface area contributed by atoms with E-state index in [4.69, 9.17) is 9.47 Å². The Hall–Kier alpha value is -0.880. The second-order valence-electron chi connectivity index (χ2n) is 6.28. The number of hydrogen-bond donors (Lipinski definition) is 0. The molecule has 2 aliphatic heterocycles. The number of rotatable bonds is 4. The highest BCUT2D eigenvalue weighted by molar-refractivity contribution is 9.10. The topological polar surface area (TPSA) is 38.8 Å². The van der Waals surface area contributed by atoms with Crippen LogP contribution in [0.3, 0.4) is 0 Å². The summed E-state index contributed by atoms with van der Waals surface area (Å²) in [5.41, 5.74) is 1.14. The largest absolute Gasteiger partial charge is 0.486 e. The van der Waals surface area contributed by atoms with E-state index >= 15 is 0 Å². The minimum atomic E-state index is -0.0248. The summed E-state index contributed by atoms with van der Waals surface area (Å²) < 4.78 is 12.3. The Labute approximate surface area is 156 Å². The standard InChI is InChI=1S/C18H24BrNO3S/c1-13(18(21)20-6-4-2-3-5-7-20)24-12-14-10-16-17(11-15(14)19)23-9-8-22-16/h10-11,13H,2-9,12H2,1H3. The van der Waals surface area contributed by atoms with Crippen LogP contribution in [0.15, 0.2) is 16.6 Å². The molecule has 0 aromatic heterocycles. The van der Waals surface area contributed by atoms with Crippen LogP contribution in [0.4, 0.5) is 0 Å². The molecule has 1 aromatic carbocycles. The molecular formula is C18H24BrNO3S. The van der Waals surface area contributed by atoms with Gasteiger partial charge in [0.05, 0.1) is 5.25 Å². The van der Waals surface area contributed by atoms with E-state index in [0.717, 1.165) is 53.2 Å². The molecule has 3 rings (SSSR count). The smallest absolute Gasteiger partial charge is 0.235 e. The third-order valence-corrected chi connectivity index (χ3v) is 6.38. The van der Waals surface area contributed by atoms with E-state index in [2.05, 4.69) is 15.9 Å². The number of carbonyl (C=O) groups is 1. The van der Waals surface area contributed by atoms with E-state index in [1.165, 1.54) is 12.8 Å². The van der Waals surface area contributed by atoms with Crippen molar-refractivity contribution in [2.24, 2.45) is 0 Å². The molecule has 0 spiro atoms. The highest BCUT2D eigenvalue weighted by atomic mass is 79.9. The van der Waals surface area contributed by atoms with Gasteiger partial charge in [0.15, 0.2) is 11.5 Å². The summed E-state index contributed by atoms with van der Waals surface area (Å²) in [6.07, 6.45) is 4.76. The van der Waals surface area contributed by atoms with Gasteiger partial charge < -0.3 is 14.4 Å².